The Hall–Kier alpha value is -1.82. The number of rotatable bonds is 4. The smallest absolute Gasteiger partial charge is 0.326 e. The van der Waals surface area contributed by atoms with Crippen molar-refractivity contribution in [2.75, 3.05) is 0 Å². The average molecular weight is 565 g/mol. The Balaban J connectivity index is 2.09. The zero-order chi connectivity index (χ0) is 24.1. The van der Waals surface area contributed by atoms with Crippen LogP contribution >= 0.6 is 39.1 Å². The molecule has 0 bridgehead atoms. The van der Waals surface area contributed by atoms with Crippen molar-refractivity contribution >= 4 is 39.1 Å². The zero-order valence-corrected chi connectivity index (χ0v) is 18.6. The molecule has 0 fully saturated rings. The summed E-state index contributed by atoms with van der Waals surface area (Å²) in [6, 6.07) is 5.72. The summed E-state index contributed by atoms with van der Waals surface area (Å²) in [4.78, 5) is 0. The van der Waals surface area contributed by atoms with Gasteiger partial charge in [0.15, 0.2) is 0 Å². The lowest BCUT2D eigenvalue weighted by Crippen LogP contribution is -2.50. The number of hydrogen-bond donors (Lipinski definition) is 1. The molecule has 3 rings (SSSR count). The summed E-state index contributed by atoms with van der Waals surface area (Å²) in [5, 5.41) is 2.71. The summed E-state index contributed by atoms with van der Waals surface area (Å²) in [5.41, 5.74) is 0.0110. The Bertz CT molecular complexity index is 1120. The molecule has 0 aliphatic heterocycles. The highest BCUT2D eigenvalue weighted by Crippen LogP contribution is 2.54. The Morgan fingerprint density at radius 1 is 0.906 bits per heavy atom. The molecule has 0 saturated carbocycles. The molecule has 3 nitrogen and oxygen atoms in total. The summed E-state index contributed by atoms with van der Waals surface area (Å²) in [6.07, 6.45) is -9.79. The van der Waals surface area contributed by atoms with Crippen molar-refractivity contribution in [3.05, 3.63) is 68.4 Å². The standard InChI is InChI=1S/C19H11BrCl2F7N3/c20-13-2-1-9(3-10(13)6-30)11-7-31-32(8-11)16-14(21)4-12(5-15(16)22)17(23,18(24,25)26)19(27,28)29/h1-5,7-8H,6,30H2. The second-order valence-corrected chi connectivity index (χ2v) is 8.30. The van der Waals surface area contributed by atoms with E-state index in [1.165, 1.54) is 12.4 Å². The van der Waals surface area contributed by atoms with Crippen molar-refractivity contribution in [1.82, 2.24) is 9.78 Å². The largest absolute Gasteiger partial charge is 0.435 e. The van der Waals surface area contributed by atoms with Gasteiger partial charge >= 0.3 is 18.0 Å². The van der Waals surface area contributed by atoms with E-state index in [0.717, 1.165) is 14.7 Å². The average Bonchev–Trinajstić information content (AvgIpc) is 3.14. The van der Waals surface area contributed by atoms with E-state index in [1.54, 1.807) is 18.2 Å². The Morgan fingerprint density at radius 3 is 1.97 bits per heavy atom. The van der Waals surface area contributed by atoms with Crippen LogP contribution in [-0.4, -0.2) is 22.1 Å². The van der Waals surface area contributed by atoms with Gasteiger partial charge in [0, 0.05) is 28.3 Å². The third-order valence-electron chi connectivity index (χ3n) is 4.61. The van der Waals surface area contributed by atoms with Crippen LogP contribution in [0.2, 0.25) is 10.0 Å². The third-order valence-corrected chi connectivity index (χ3v) is 5.96. The van der Waals surface area contributed by atoms with Gasteiger partial charge in [0.1, 0.15) is 5.69 Å². The van der Waals surface area contributed by atoms with Crippen LogP contribution in [0.25, 0.3) is 16.8 Å². The number of aromatic nitrogens is 2. The van der Waals surface area contributed by atoms with E-state index in [-0.39, 0.29) is 24.4 Å². The number of alkyl halides is 7. The number of benzene rings is 2. The second kappa shape index (κ2) is 8.51. The van der Waals surface area contributed by atoms with Crippen LogP contribution in [0.1, 0.15) is 11.1 Å². The van der Waals surface area contributed by atoms with E-state index in [0.29, 0.717) is 11.1 Å². The van der Waals surface area contributed by atoms with Gasteiger partial charge in [-0.05, 0) is 35.4 Å². The first kappa shape index (κ1) is 24.8. The first-order valence-electron chi connectivity index (χ1n) is 8.56. The van der Waals surface area contributed by atoms with Gasteiger partial charge in [0.25, 0.3) is 0 Å². The van der Waals surface area contributed by atoms with Crippen molar-refractivity contribution in [1.29, 1.82) is 0 Å². The molecule has 0 aliphatic carbocycles. The lowest BCUT2D eigenvalue weighted by Gasteiger charge is -2.30. The molecule has 0 saturated heterocycles. The van der Waals surface area contributed by atoms with E-state index in [2.05, 4.69) is 21.0 Å². The van der Waals surface area contributed by atoms with Gasteiger partial charge in [-0.15, -0.1) is 0 Å². The van der Waals surface area contributed by atoms with Crippen molar-refractivity contribution in [2.24, 2.45) is 5.73 Å². The molecule has 172 valence electrons. The quantitative estimate of drug-likeness (QED) is 0.337. The van der Waals surface area contributed by atoms with Crippen molar-refractivity contribution in [3.63, 3.8) is 0 Å². The molecule has 1 aromatic heterocycles. The fourth-order valence-corrected chi connectivity index (χ4v) is 4.04. The third kappa shape index (κ3) is 4.23. The van der Waals surface area contributed by atoms with Crippen LogP contribution in [0.3, 0.4) is 0 Å². The number of nitrogens with two attached hydrogens (primary N) is 1. The van der Waals surface area contributed by atoms with Crippen molar-refractivity contribution in [2.45, 2.75) is 24.6 Å². The van der Waals surface area contributed by atoms with Crippen LogP contribution < -0.4 is 5.73 Å². The molecule has 13 heteroatoms. The minimum Gasteiger partial charge on any atom is -0.326 e. The predicted octanol–water partition coefficient (Wildman–Crippen LogP) is 7.36. The van der Waals surface area contributed by atoms with E-state index >= 15 is 0 Å². The number of halogens is 10. The molecular formula is C19H11BrCl2F7N3. The fraction of sp³-hybridized carbons (Fsp3) is 0.211. The van der Waals surface area contributed by atoms with E-state index in [4.69, 9.17) is 28.9 Å². The van der Waals surface area contributed by atoms with Gasteiger partial charge in [0.2, 0.25) is 0 Å². The van der Waals surface area contributed by atoms with Crippen LogP contribution in [-0.2, 0) is 12.2 Å². The molecule has 0 aliphatic rings. The highest BCUT2D eigenvalue weighted by atomic mass is 79.9. The van der Waals surface area contributed by atoms with Gasteiger partial charge in [-0.1, -0.05) is 45.2 Å². The van der Waals surface area contributed by atoms with Crippen molar-refractivity contribution in [3.8, 4) is 16.8 Å². The molecule has 0 unspecified atom stereocenters. The van der Waals surface area contributed by atoms with E-state index in [1.807, 2.05) is 0 Å². The normalized spacial score (nSPS) is 13.0. The van der Waals surface area contributed by atoms with Crippen LogP contribution in [0.5, 0.6) is 0 Å². The number of nitrogens with zero attached hydrogens (tertiary/aromatic N) is 2. The van der Waals surface area contributed by atoms with Gasteiger partial charge in [0.05, 0.1) is 16.2 Å². The SMILES string of the molecule is NCc1cc(-c2cnn(-c3c(Cl)cc(C(F)(C(F)(F)F)C(F)(F)F)cc3Cl)c2)ccc1Br. The maximum absolute atomic E-state index is 14.4. The van der Waals surface area contributed by atoms with Crippen LogP contribution in [0.15, 0.2) is 47.2 Å². The molecule has 2 aromatic carbocycles. The minimum absolute atomic E-state index is 0.216. The maximum Gasteiger partial charge on any atom is 0.435 e. The Kier molecular flexibility index (Phi) is 6.60. The highest BCUT2D eigenvalue weighted by Gasteiger charge is 2.73. The molecule has 3 aromatic rings. The monoisotopic (exact) mass is 563 g/mol. The summed E-state index contributed by atoms with van der Waals surface area (Å²) in [7, 11) is 0. The van der Waals surface area contributed by atoms with E-state index in [9.17, 15) is 30.7 Å². The molecule has 2 N–H and O–H groups in total. The Morgan fingerprint density at radius 2 is 1.47 bits per heavy atom. The van der Waals surface area contributed by atoms with Gasteiger partial charge in [-0.25, -0.2) is 9.07 Å². The fourth-order valence-electron chi connectivity index (χ4n) is 2.98. The molecule has 0 spiro atoms. The molecular weight excluding hydrogens is 554 g/mol. The Labute approximate surface area is 195 Å². The molecule has 0 amide bonds. The highest BCUT2D eigenvalue weighted by molar-refractivity contribution is 9.10. The lowest BCUT2D eigenvalue weighted by atomic mass is 9.94. The molecule has 32 heavy (non-hydrogen) atoms. The van der Waals surface area contributed by atoms with Gasteiger partial charge in [-0.2, -0.15) is 31.4 Å². The lowest BCUT2D eigenvalue weighted by molar-refractivity contribution is -0.348. The first-order valence-corrected chi connectivity index (χ1v) is 10.1. The van der Waals surface area contributed by atoms with Gasteiger partial charge in [-0.3, -0.25) is 0 Å². The topological polar surface area (TPSA) is 43.8 Å². The molecule has 1 heterocycles. The zero-order valence-electron chi connectivity index (χ0n) is 15.5. The van der Waals surface area contributed by atoms with Crippen molar-refractivity contribution < 1.29 is 30.7 Å². The predicted molar refractivity (Wildman–Crippen MR) is 110 cm³/mol. The summed E-state index contributed by atoms with van der Waals surface area (Å²) >= 11 is 15.2. The summed E-state index contributed by atoms with van der Waals surface area (Å²) in [6.45, 7) is 0.241. The van der Waals surface area contributed by atoms with Gasteiger partial charge < -0.3 is 5.73 Å². The number of hydrogen-bond acceptors (Lipinski definition) is 2. The minimum atomic E-state index is -6.29. The van der Waals surface area contributed by atoms with Crippen LogP contribution in [0, 0.1) is 0 Å². The summed E-state index contributed by atoms with van der Waals surface area (Å²) in [5.74, 6) is 0. The molecule has 0 radical (unpaired) electrons. The molecule has 0 atom stereocenters. The first-order chi connectivity index (χ1) is 14.7. The summed E-state index contributed by atoms with van der Waals surface area (Å²) < 4.78 is 94.5. The van der Waals surface area contributed by atoms with Crippen LogP contribution in [0.4, 0.5) is 30.7 Å². The van der Waals surface area contributed by atoms with E-state index < -0.39 is 33.6 Å². The second-order valence-electron chi connectivity index (χ2n) is 6.63. The maximum atomic E-state index is 14.4.